The van der Waals surface area contributed by atoms with Crippen molar-refractivity contribution in [3.63, 3.8) is 0 Å². The fourth-order valence-electron chi connectivity index (χ4n) is 2.10. The first-order valence-corrected chi connectivity index (χ1v) is 7.87. The van der Waals surface area contributed by atoms with Crippen LogP contribution in [0.1, 0.15) is 40.3 Å². The molecule has 102 valence electrons. The van der Waals surface area contributed by atoms with Crippen LogP contribution in [0.4, 0.5) is 0 Å². The van der Waals surface area contributed by atoms with Crippen molar-refractivity contribution in [2.24, 2.45) is 0 Å². The number of halogens is 1. The van der Waals surface area contributed by atoms with Gasteiger partial charge in [-0.15, -0.1) is 11.3 Å². The molecule has 1 heterocycles. The molecule has 19 heavy (non-hydrogen) atoms. The van der Waals surface area contributed by atoms with Gasteiger partial charge >= 0.3 is 0 Å². The van der Waals surface area contributed by atoms with Crippen LogP contribution in [0.15, 0.2) is 30.3 Å². The van der Waals surface area contributed by atoms with E-state index in [0.29, 0.717) is 0 Å². The van der Waals surface area contributed by atoms with E-state index in [9.17, 15) is 0 Å². The molecule has 0 bridgehead atoms. The minimum absolute atomic E-state index is 0.246. The molecule has 0 aliphatic heterocycles. The Bertz CT molecular complexity index is 528. The second-order valence-electron chi connectivity index (χ2n) is 4.83. The van der Waals surface area contributed by atoms with Gasteiger partial charge in [0.2, 0.25) is 0 Å². The van der Waals surface area contributed by atoms with Crippen molar-refractivity contribution in [1.82, 2.24) is 5.32 Å². The lowest BCUT2D eigenvalue weighted by Gasteiger charge is -2.18. The highest BCUT2D eigenvalue weighted by Gasteiger charge is 2.16. The minimum Gasteiger partial charge on any atom is -0.306 e. The normalized spacial score (nSPS) is 12.6. The highest BCUT2D eigenvalue weighted by Crippen LogP contribution is 2.31. The summed E-state index contributed by atoms with van der Waals surface area (Å²) < 4.78 is 0. The summed E-state index contributed by atoms with van der Waals surface area (Å²) in [5.41, 5.74) is 2.60. The van der Waals surface area contributed by atoms with Gasteiger partial charge in [-0.2, -0.15) is 0 Å². The number of hydrogen-bond acceptors (Lipinski definition) is 2. The van der Waals surface area contributed by atoms with E-state index in [0.717, 1.165) is 18.0 Å². The van der Waals surface area contributed by atoms with E-state index < -0.39 is 0 Å². The predicted molar refractivity (Wildman–Crippen MR) is 85.4 cm³/mol. The van der Waals surface area contributed by atoms with E-state index in [2.05, 4.69) is 44.3 Å². The van der Waals surface area contributed by atoms with E-state index >= 15 is 0 Å². The van der Waals surface area contributed by atoms with Crippen molar-refractivity contribution in [3.8, 4) is 0 Å². The van der Waals surface area contributed by atoms with Crippen molar-refractivity contribution >= 4 is 22.9 Å². The molecule has 0 aliphatic carbocycles. The van der Waals surface area contributed by atoms with Gasteiger partial charge in [-0.3, -0.25) is 0 Å². The predicted octanol–water partition coefficient (Wildman–Crippen LogP) is 5.11. The van der Waals surface area contributed by atoms with Crippen LogP contribution in [-0.2, 0) is 0 Å². The average Bonchev–Trinajstić information content (AvgIpc) is 2.70. The Morgan fingerprint density at radius 2 is 2.05 bits per heavy atom. The molecule has 0 saturated heterocycles. The third-order valence-electron chi connectivity index (χ3n) is 3.25. The van der Waals surface area contributed by atoms with Crippen LogP contribution in [0.3, 0.4) is 0 Å². The second kappa shape index (κ2) is 6.56. The average molecular weight is 294 g/mol. The van der Waals surface area contributed by atoms with Crippen molar-refractivity contribution < 1.29 is 0 Å². The Hall–Kier alpha value is -0.830. The fraction of sp³-hybridized carbons (Fsp3) is 0.375. The lowest BCUT2D eigenvalue weighted by atomic mass is 10.0. The number of nitrogens with one attached hydrogen (secondary N) is 1. The van der Waals surface area contributed by atoms with Crippen LogP contribution in [0, 0.1) is 13.8 Å². The van der Waals surface area contributed by atoms with Gasteiger partial charge < -0.3 is 5.32 Å². The Kier molecular flexibility index (Phi) is 5.03. The monoisotopic (exact) mass is 293 g/mol. The van der Waals surface area contributed by atoms with Gasteiger partial charge in [-0.1, -0.05) is 30.7 Å². The minimum atomic E-state index is 0.246. The molecule has 1 atom stereocenters. The molecule has 3 heteroatoms. The van der Waals surface area contributed by atoms with E-state index in [1.807, 2.05) is 23.5 Å². The summed E-state index contributed by atoms with van der Waals surface area (Å²) in [5, 5.41) is 4.42. The molecule has 0 radical (unpaired) electrons. The van der Waals surface area contributed by atoms with E-state index in [4.69, 9.17) is 11.6 Å². The molecule has 2 aromatic rings. The third kappa shape index (κ3) is 3.59. The van der Waals surface area contributed by atoms with Gasteiger partial charge in [0, 0.05) is 14.8 Å². The van der Waals surface area contributed by atoms with E-state index in [1.54, 1.807) is 0 Å². The molecular weight excluding hydrogens is 274 g/mol. The van der Waals surface area contributed by atoms with Crippen LogP contribution in [0.25, 0.3) is 0 Å². The zero-order valence-electron chi connectivity index (χ0n) is 11.7. The number of benzene rings is 1. The Balaban J connectivity index is 2.35. The number of hydrogen-bond donors (Lipinski definition) is 1. The lowest BCUT2D eigenvalue weighted by molar-refractivity contribution is 0.606. The molecule has 0 amide bonds. The molecule has 1 aromatic carbocycles. The van der Waals surface area contributed by atoms with Gasteiger partial charge in [0.15, 0.2) is 0 Å². The van der Waals surface area contributed by atoms with Crippen molar-refractivity contribution in [2.75, 3.05) is 6.54 Å². The zero-order valence-corrected chi connectivity index (χ0v) is 13.2. The first kappa shape index (κ1) is 14.6. The first-order chi connectivity index (χ1) is 9.11. The molecule has 0 fully saturated rings. The van der Waals surface area contributed by atoms with Crippen LogP contribution in [0.2, 0.25) is 5.02 Å². The molecule has 1 N–H and O–H groups in total. The van der Waals surface area contributed by atoms with Crippen molar-refractivity contribution in [3.05, 3.63) is 56.2 Å². The molecule has 1 nitrogen and oxygen atoms in total. The largest absolute Gasteiger partial charge is 0.306 e. The van der Waals surface area contributed by atoms with Gasteiger partial charge in [0.1, 0.15) is 0 Å². The van der Waals surface area contributed by atoms with Crippen molar-refractivity contribution in [1.29, 1.82) is 0 Å². The topological polar surface area (TPSA) is 12.0 Å². The maximum Gasteiger partial charge on any atom is 0.0671 e. The molecule has 0 spiro atoms. The quantitative estimate of drug-likeness (QED) is 0.808. The third-order valence-corrected chi connectivity index (χ3v) is 4.70. The summed E-state index contributed by atoms with van der Waals surface area (Å²) in [5.74, 6) is 0. The van der Waals surface area contributed by atoms with Crippen molar-refractivity contribution in [2.45, 2.75) is 33.2 Å². The highest BCUT2D eigenvalue weighted by molar-refractivity contribution is 7.12. The molecule has 1 unspecified atom stereocenters. The molecule has 2 rings (SSSR count). The standard InChI is InChI=1S/C16H20ClNS/c1-4-8-18-16(13-6-5-7-14(17)10-13)15-9-11(2)12(3)19-15/h5-7,9-10,16,18H,4,8H2,1-3H3. The smallest absolute Gasteiger partial charge is 0.0671 e. The summed E-state index contributed by atoms with van der Waals surface area (Å²) >= 11 is 7.99. The number of thiophene rings is 1. The summed E-state index contributed by atoms with van der Waals surface area (Å²) in [7, 11) is 0. The SMILES string of the molecule is CCCNC(c1cccc(Cl)c1)c1cc(C)c(C)s1. The lowest BCUT2D eigenvalue weighted by Crippen LogP contribution is -2.22. The van der Waals surface area contributed by atoms with Gasteiger partial charge in [-0.05, 0) is 56.1 Å². The van der Waals surface area contributed by atoms with E-state index in [1.165, 1.54) is 20.9 Å². The van der Waals surface area contributed by atoms with Crippen LogP contribution < -0.4 is 5.32 Å². The van der Waals surface area contributed by atoms with Gasteiger partial charge in [-0.25, -0.2) is 0 Å². The molecule has 1 aromatic heterocycles. The van der Waals surface area contributed by atoms with Gasteiger partial charge in [0.05, 0.1) is 6.04 Å². The Morgan fingerprint density at radius 1 is 1.26 bits per heavy atom. The molecule has 0 saturated carbocycles. The summed E-state index contributed by atoms with van der Waals surface area (Å²) in [6.45, 7) is 7.54. The maximum absolute atomic E-state index is 6.12. The molecular formula is C16H20ClNS. The highest BCUT2D eigenvalue weighted by atomic mass is 35.5. The summed E-state index contributed by atoms with van der Waals surface area (Å²) in [6.07, 6.45) is 1.13. The Labute approximate surface area is 124 Å². The Morgan fingerprint density at radius 3 is 2.63 bits per heavy atom. The van der Waals surface area contributed by atoms with E-state index in [-0.39, 0.29) is 6.04 Å². The van der Waals surface area contributed by atoms with Gasteiger partial charge in [0.25, 0.3) is 0 Å². The first-order valence-electron chi connectivity index (χ1n) is 6.67. The number of aryl methyl sites for hydroxylation is 2. The van der Waals surface area contributed by atoms with Crippen LogP contribution in [0.5, 0.6) is 0 Å². The summed E-state index contributed by atoms with van der Waals surface area (Å²) in [6, 6.07) is 10.7. The fourth-order valence-corrected chi connectivity index (χ4v) is 3.45. The molecule has 0 aliphatic rings. The zero-order chi connectivity index (χ0) is 13.8. The van der Waals surface area contributed by atoms with Crippen LogP contribution in [-0.4, -0.2) is 6.54 Å². The maximum atomic E-state index is 6.12. The van der Waals surface area contributed by atoms with Crippen LogP contribution >= 0.6 is 22.9 Å². The number of rotatable bonds is 5. The summed E-state index contributed by atoms with van der Waals surface area (Å²) in [4.78, 5) is 2.76. The second-order valence-corrected chi connectivity index (χ2v) is 6.55.